The Labute approximate surface area is 179 Å². The molecule has 0 atom stereocenters. The van der Waals surface area contributed by atoms with Crippen LogP contribution < -0.4 is 4.90 Å². The quantitative estimate of drug-likeness (QED) is 0.599. The minimum Gasteiger partial charge on any atom is -0.379 e. The summed E-state index contributed by atoms with van der Waals surface area (Å²) in [6, 6.07) is 7.76. The summed E-state index contributed by atoms with van der Waals surface area (Å²) >= 11 is 0. The second kappa shape index (κ2) is 11.6. The van der Waals surface area contributed by atoms with Crippen molar-refractivity contribution in [1.29, 1.82) is 0 Å². The number of aromatic nitrogens is 2. The fraction of sp³-hybridized carbons (Fsp3) is 0.522. The molecule has 0 unspecified atom stereocenters. The normalized spacial score (nSPS) is 14.5. The highest BCUT2D eigenvalue weighted by molar-refractivity contribution is 5.94. The van der Waals surface area contributed by atoms with E-state index < -0.39 is 0 Å². The van der Waals surface area contributed by atoms with Crippen molar-refractivity contribution in [2.45, 2.75) is 26.8 Å². The summed E-state index contributed by atoms with van der Waals surface area (Å²) in [5, 5.41) is 0. The molecule has 0 radical (unpaired) electrons. The SMILES string of the molecule is CCN(CC)c1ccc(C(=O)N(CCCN2CCOCC2)Cc2ccncc2)cn1. The van der Waals surface area contributed by atoms with E-state index in [0.29, 0.717) is 18.7 Å². The lowest BCUT2D eigenvalue weighted by molar-refractivity contribution is 0.0355. The first kappa shape index (κ1) is 22.2. The number of hydrogen-bond acceptors (Lipinski definition) is 6. The van der Waals surface area contributed by atoms with Crippen LogP contribution >= 0.6 is 0 Å². The molecule has 0 N–H and O–H groups in total. The van der Waals surface area contributed by atoms with Gasteiger partial charge in [0.1, 0.15) is 5.82 Å². The van der Waals surface area contributed by atoms with Crippen LogP contribution in [0.3, 0.4) is 0 Å². The van der Waals surface area contributed by atoms with Gasteiger partial charge in [0.25, 0.3) is 5.91 Å². The van der Waals surface area contributed by atoms with Gasteiger partial charge in [-0.05, 0) is 50.1 Å². The Bertz CT molecular complexity index is 759. The van der Waals surface area contributed by atoms with Crippen LogP contribution in [0, 0.1) is 0 Å². The smallest absolute Gasteiger partial charge is 0.255 e. The van der Waals surface area contributed by atoms with E-state index in [1.165, 1.54) is 0 Å². The number of pyridine rings is 2. The summed E-state index contributed by atoms with van der Waals surface area (Å²) in [5.41, 5.74) is 1.71. The number of amides is 1. The molecule has 7 nitrogen and oxygen atoms in total. The number of anilines is 1. The number of hydrogen-bond donors (Lipinski definition) is 0. The van der Waals surface area contributed by atoms with Gasteiger partial charge in [0, 0.05) is 64.4 Å². The number of rotatable bonds is 10. The number of nitrogens with zero attached hydrogens (tertiary/aromatic N) is 5. The maximum absolute atomic E-state index is 13.3. The molecule has 0 aromatic carbocycles. The summed E-state index contributed by atoms with van der Waals surface area (Å²) in [7, 11) is 0. The second-order valence-electron chi connectivity index (χ2n) is 7.47. The molecule has 2 aromatic rings. The third-order valence-corrected chi connectivity index (χ3v) is 5.50. The predicted molar refractivity (Wildman–Crippen MR) is 119 cm³/mol. The Hall–Kier alpha value is -2.51. The van der Waals surface area contributed by atoms with E-state index in [1.54, 1.807) is 18.6 Å². The highest BCUT2D eigenvalue weighted by Gasteiger charge is 2.18. The monoisotopic (exact) mass is 411 g/mol. The molecule has 1 amide bonds. The van der Waals surface area contributed by atoms with Crippen molar-refractivity contribution in [3.05, 3.63) is 54.0 Å². The van der Waals surface area contributed by atoms with Crippen molar-refractivity contribution in [2.24, 2.45) is 0 Å². The van der Waals surface area contributed by atoms with Crippen molar-refractivity contribution in [1.82, 2.24) is 19.8 Å². The molecule has 7 heteroatoms. The molecule has 0 spiro atoms. The van der Waals surface area contributed by atoms with Gasteiger partial charge in [-0.2, -0.15) is 0 Å². The van der Waals surface area contributed by atoms with Gasteiger partial charge in [0.05, 0.1) is 18.8 Å². The van der Waals surface area contributed by atoms with E-state index in [0.717, 1.165) is 63.7 Å². The molecular formula is C23H33N5O2. The molecule has 1 aliphatic heterocycles. The van der Waals surface area contributed by atoms with Gasteiger partial charge in [-0.25, -0.2) is 4.98 Å². The first-order valence-corrected chi connectivity index (χ1v) is 10.9. The van der Waals surface area contributed by atoms with Gasteiger partial charge in [-0.3, -0.25) is 14.7 Å². The van der Waals surface area contributed by atoms with Gasteiger partial charge < -0.3 is 14.5 Å². The maximum Gasteiger partial charge on any atom is 0.255 e. The molecular weight excluding hydrogens is 378 g/mol. The second-order valence-corrected chi connectivity index (χ2v) is 7.47. The molecule has 1 fully saturated rings. The molecule has 0 bridgehead atoms. The van der Waals surface area contributed by atoms with Crippen LogP contribution in [0.2, 0.25) is 0 Å². The largest absolute Gasteiger partial charge is 0.379 e. The summed E-state index contributed by atoms with van der Waals surface area (Å²) < 4.78 is 5.42. The fourth-order valence-electron chi connectivity index (χ4n) is 3.70. The van der Waals surface area contributed by atoms with Crippen molar-refractivity contribution in [2.75, 3.05) is 57.4 Å². The van der Waals surface area contributed by atoms with E-state index in [2.05, 4.69) is 33.6 Å². The zero-order valence-corrected chi connectivity index (χ0v) is 18.2. The van der Waals surface area contributed by atoms with Crippen LogP contribution in [-0.4, -0.2) is 78.2 Å². The summed E-state index contributed by atoms with van der Waals surface area (Å²) in [6.45, 7) is 11.8. The number of carbonyl (C=O) groups excluding carboxylic acids is 1. The Morgan fingerprint density at radius 3 is 2.47 bits per heavy atom. The Morgan fingerprint density at radius 2 is 1.83 bits per heavy atom. The summed E-state index contributed by atoms with van der Waals surface area (Å²) in [6.07, 6.45) is 6.18. The topological polar surface area (TPSA) is 61.8 Å². The van der Waals surface area contributed by atoms with Crippen LogP contribution in [0.4, 0.5) is 5.82 Å². The van der Waals surface area contributed by atoms with Crippen molar-refractivity contribution in [3.8, 4) is 0 Å². The highest BCUT2D eigenvalue weighted by atomic mass is 16.5. The zero-order chi connectivity index (χ0) is 21.2. The molecule has 1 saturated heterocycles. The van der Waals surface area contributed by atoms with E-state index in [4.69, 9.17) is 4.74 Å². The minimum absolute atomic E-state index is 0.0207. The molecule has 30 heavy (non-hydrogen) atoms. The molecule has 3 heterocycles. The van der Waals surface area contributed by atoms with E-state index in [9.17, 15) is 4.79 Å². The first-order valence-electron chi connectivity index (χ1n) is 10.9. The standard InChI is InChI=1S/C23H33N5O2/c1-3-27(4-2)22-7-6-21(18-25-22)23(29)28(19-20-8-10-24-11-9-20)13-5-12-26-14-16-30-17-15-26/h6-11,18H,3-5,12-17,19H2,1-2H3. The van der Waals surface area contributed by atoms with Gasteiger partial charge in [0.15, 0.2) is 0 Å². The van der Waals surface area contributed by atoms with Crippen LogP contribution in [0.1, 0.15) is 36.2 Å². The molecule has 3 rings (SSSR count). The Balaban J connectivity index is 1.67. The van der Waals surface area contributed by atoms with E-state index >= 15 is 0 Å². The maximum atomic E-state index is 13.3. The van der Waals surface area contributed by atoms with Gasteiger partial charge in [0.2, 0.25) is 0 Å². The third kappa shape index (κ3) is 6.24. The van der Waals surface area contributed by atoms with Gasteiger partial charge >= 0.3 is 0 Å². The first-order chi connectivity index (χ1) is 14.7. The highest BCUT2D eigenvalue weighted by Crippen LogP contribution is 2.15. The molecule has 1 aliphatic rings. The Morgan fingerprint density at radius 1 is 1.10 bits per heavy atom. The average molecular weight is 412 g/mol. The van der Waals surface area contributed by atoms with Gasteiger partial charge in [-0.1, -0.05) is 0 Å². The van der Waals surface area contributed by atoms with Crippen molar-refractivity contribution < 1.29 is 9.53 Å². The lowest BCUT2D eigenvalue weighted by Gasteiger charge is -2.28. The third-order valence-electron chi connectivity index (χ3n) is 5.50. The van der Waals surface area contributed by atoms with Crippen molar-refractivity contribution >= 4 is 11.7 Å². The predicted octanol–water partition coefficient (Wildman–Crippen LogP) is 2.69. The molecule has 0 aliphatic carbocycles. The average Bonchev–Trinajstić information content (AvgIpc) is 2.81. The van der Waals surface area contributed by atoms with Crippen LogP contribution in [0.5, 0.6) is 0 Å². The molecule has 0 saturated carbocycles. The number of ether oxygens (including phenoxy) is 1. The lowest BCUT2D eigenvalue weighted by atomic mass is 10.2. The van der Waals surface area contributed by atoms with Crippen molar-refractivity contribution in [3.63, 3.8) is 0 Å². The number of carbonyl (C=O) groups is 1. The zero-order valence-electron chi connectivity index (χ0n) is 18.2. The van der Waals surface area contributed by atoms with E-state index in [-0.39, 0.29) is 5.91 Å². The summed E-state index contributed by atoms with van der Waals surface area (Å²) in [4.78, 5) is 28.4. The lowest BCUT2D eigenvalue weighted by Crippen LogP contribution is -2.39. The fourth-order valence-corrected chi connectivity index (χ4v) is 3.70. The van der Waals surface area contributed by atoms with Crippen LogP contribution in [0.15, 0.2) is 42.9 Å². The minimum atomic E-state index is 0.0207. The Kier molecular flexibility index (Phi) is 8.59. The summed E-state index contributed by atoms with van der Waals surface area (Å²) in [5.74, 6) is 0.928. The van der Waals surface area contributed by atoms with E-state index in [1.807, 2.05) is 29.2 Å². The van der Waals surface area contributed by atoms with Crippen LogP contribution in [-0.2, 0) is 11.3 Å². The van der Waals surface area contributed by atoms with Gasteiger partial charge in [-0.15, -0.1) is 0 Å². The van der Waals surface area contributed by atoms with Crippen LogP contribution in [0.25, 0.3) is 0 Å². The number of morpholine rings is 1. The molecule has 162 valence electrons. The molecule has 2 aromatic heterocycles.